The fourth-order valence-electron chi connectivity index (χ4n) is 1.57. The molecule has 0 spiro atoms. The van der Waals surface area contributed by atoms with Crippen molar-refractivity contribution in [1.82, 2.24) is 5.32 Å². The second-order valence-electron chi connectivity index (χ2n) is 4.49. The highest BCUT2D eigenvalue weighted by atomic mass is 32.1. The molecule has 0 saturated heterocycles. The van der Waals surface area contributed by atoms with Crippen molar-refractivity contribution in [3.8, 4) is 0 Å². The molecule has 0 radical (unpaired) electrons. The van der Waals surface area contributed by atoms with E-state index in [0.29, 0.717) is 0 Å². The van der Waals surface area contributed by atoms with Crippen molar-refractivity contribution in [3.05, 3.63) is 22.4 Å². The Morgan fingerprint density at radius 3 is 2.80 bits per heavy atom. The zero-order valence-electron chi connectivity index (χ0n) is 9.96. The smallest absolute Gasteiger partial charge is 0.00452 e. The van der Waals surface area contributed by atoms with E-state index in [0.717, 1.165) is 12.5 Å². The van der Waals surface area contributed by atoms with E-state index >= 15 is 0 Å². The summed E-state index contributed by atoms with van der Waals surface area (Å²) in [6.45, 7) is 6.85. The van der Waals surface area contributed by atoms with Crippen LogP contribution < -0.4 is 5.32 Å². The van der Waals surface area contributed by atoms with Crippen LogP contribution in [0.1, 0.15) is 38.0 Å². The molecule has 0 aliphatic heterocycles. The van der Waals surface area contributed by atoms with Crippen LogP contribution >= 0.6 is 11.3 Å². The van der Waals surface area contributed by atoms with Gasteiger partial charge in [-0.2, -0.15) is 0 Å². The first-order valence-corrected chi connectivity index (χ1v) is 6.90. The van der Waals surface area contributed by atoms with Crippen LogP contribution in [0.3, 0.4) is 0 Å². The van der Waals surface area contributed by atoms with Gasteiger partial charge in [0.2, 0.25) is 0 Å². The zero-order chi connectivity index (χ0) is 10.9. The van der Waals surface area contributed by atoms with Crippen LogP contribution in [0, 0.1) is 5.92 Å². The highest BCUT2D eigenvalue weighted by Gasteiger charge is 1.95. The number of aryl methyl sites for hydroxylation is 1. The van der Waals surface area contributed by atoms with Crippen molar-refractivity contribution in [2.45, 2.75) is 39.5 Å². The molecule has 2 heteroatoms. The van der Waals surface area contributed by atoms with Crippen molar-refractivity contribution in [2.24, 2.45) is 5.92 Å². The number of rotatable bonds is 8. The molecule has 1 aromatic rings. The zero-order valence-corrected chi connectivity index (χ0v) is 10.8. The van der Waals surface area contributed by atoms with Crippen LogP contribution in [0.15, 0.2) is 17.5 Å². The molecular formula is C13H23NS. The summed E-state index contributed by atoms with van der Waals surface area (Å²) < 4.78 is 0. The molecule has 0 unspecified atom stereocenters. The van der Waals surface area contributed by atoms with E-state index in [4.69, 9.17) is 0 Å². The van der Waals surface area contributed by atoms with E-state index in [1.165, 1.54) is 37.1 Å². The first-order chi connectivity index (χ1) is 7.29. The van der Waals surface area contributed by atoms with Crippen molar-refractivity contribution in [3.63, 3.8) is 0 Å². The largest absolute Gasteiger partial charge is 0.316 e. The minimum absolute atomic E-state index is 0.774. The van der Waals surface area contributed by atoms with E-state index in [2.05, 4.69) is 36.7 Å². The minimum Gasteiger partial charge on any atom is -0.316 e. The molecule has 0 aliphatic rings. The van der Waals surface area contributed by atoms with E-state index in [1.807, 2.05) is 11.3 Å². The molecule has 86 valence electrons. The van der Waals surface area contributed by atoms with Crippen LogP contribution in [-0.4, -0.2) is 13.1 Å². The van der Waals surface area contributed by atoms with E-state index in [-0.39, 0.29) is 0 Å². The first kappa shape index (κ1) is 12.7. The Morgan fingerprint density at radius 1 is 1.27 bits per heavy atom. The SMILES string of the molecule is CC(C)CNCCCCCc1cccs1. The van der Waals surface area contributed by atoms with Gasteiger partial charge in [-0.15, -0.1) is 11.3 Å². The molecule has 1 N–H and O–H groups in total. The maximum atomic E-state index is 3.48. The van der Waals surface area contributed by atoms with Gasteiger partial charge in [0.25, 0.3) is 0 Å². The predicted octanol–water partition coefficient (Wildman–Crippen LogP) is 3.71. The quantitative estimate of drug-likeness (QED) is 0.665. The molecule has 1 nitrogen and oxygen atoms in total. The maximum Gasteiger partial charge on any atom is 0.00452 e. The molecule has 0 saturated carbocycles. The number of unbranched alkanes of at least 4 members (excludes halogenated alkanes) is 2. The van der Waals surface area contributed by atoms with Crippen LogP contribution in [0.4, 0.5) is 0 Å². The molecule has 0 amide bonds. The summed E-state index contributed by atoms with van der Waals surface area (Å²) in [4.78, 5) is 1.53. The Morgan fingerprint density at radius 2 is 2.13 bits per heavy atom. The van der Waals surface area contributed by atoms with Gasteiger partial charge in [0.1, 0.15) is 0 Å². The first-order valence-electron chi connectivity index (χ1n) is 6.02. The Labute approximate surface area is 97.9 Å². The van der Waals surface area contributed by atoms with Crippen molar-refractivity contribution >= 4 is 11.3 Å². The van der Waals surface area contributed by atoms with Crippen LogP contribution in [0.25, 0.3) is 0 Å². The summed E-state index contributed by atoms with van der Waals surface area (Å²) in [5.41, 5.74) is 0. The lowest BCUT2D eigenvalue weighted by atomic mass is 10.1. The van der Waals surface area contributed by atoms with Crippen LogP contribution in [-0.2, 0) is 6.42 Å². The standard InChI is InChI=1S/C13H23NS/c1-12(2)11-14-9-5-3-4-7-13-8-6-10-15-13/h6,8,10,12,14H,3-5,7,9,11H2,1-2H3. The average molecular weight is 225 g/mol. The van der Waals surface area contributed by atoms with Gasteiger partial charge in [0, 0.05) is 4.88 Å². The van der Waals surface area contributed by atoms with Crippen molar-refractivity contribution in [1.29, 1.82) is 0 Å². The van der Waals surface area contributed by atoms with Gasteiger partial charge in [-0.05, 0) is 49.7 Å². The van der Waals surface area contributed by atoms with Gasteiger partial charge in [0.15, 0.2) is 0 Å². The summed E-state index contributed by atoms with van der Waals surface area (Å²) in [7, 11) is 0. The normalized spacial score (nSPS) is 11.1. The molecule has 0 aromatic carbocycles. The Hall–Kier alpha value is -0.340. The number of hydrogen-bond acceptors (Lipinski definition) is 2. The summed E-state index contributed by atoms with van der Waals surface area (Å²) in [5.74, 6) is 0.774. The third-order valence-electron chi connectivity index (χ3n) is 2.41. The van der Waals surface area contributed by atoms with Crippen LogP contribution in [0.5, 0.6) is 0 Å². The lowest BCUT2D eigenvalue weighted by Gasteiger charge is -2.06. The molecule has 0 aliphatic carbocycles. The maximum absolute atomic E-state index is 3.48. The fourth-order valence-corrected chi connectivity index (χ4v) is 2.32. The Kier molecular flexibility index (Phi) is 6.69. The van der Waals surface area contributed by atoms with E-state index < -0.39 is 0 Å². The molecule has 0 atom stereocenters. The Bertz CT molecular complexity index is 229. The highest BCUT2D eigenvalue weighted by molar-refractivity contribution is 7.09. The van der Waals surface area contributed by atoms with Gasteiger partial charge >= 0.3 is 0 Å². The summed E-state index contributed by atoms with van der Waals surface area (Å²) >= 11 is 1.88. The van der Waals surface area contributed by atoms with Gasteiger partial charge in [-0.25, -0.2) is 0 Å². The summed E-state index contributed by atoms with van der Waals surface area (Å²) in [5, 5.41) is 5.65. The van der Waals surface area contributed by atoms with Gasteiger partial charge in [-0.1, -0.05) is 26.3 Å². The van der Waals surface area contributed by atoms with Gasteiger partial charge in [-0.3, -0.25) is 0 Å². The molecular weight excluding hydrogens is 202 g/mol. The highest BCUT2D eigenvalue weighted by Crippen LogP contribution is 2.12. The fraction of sp³-hybridized carbons (Fsp3) is 0.692. The number of nitrogens with one attached hydrogen (secondary N) is 1. The molecule has 0 fully saturated rings. The molecule has 1 aromatic heterocycles. The van der Waals surface area contributed by atoms with Gasteiger partial charge < -0.3 is 5.32 Å². The monoisotopic (exact) mass is 225 g/mol. The van der Waals surface area contributed by atoms with Crippen molar-refractivity contribution in [2.75, 3.05) is 13.1 Å². The van der Waals surface area contributed by atoms with Crippen LogP contribution in [0.2, 0.25) is 0 Å². The van der Waals surface area contributed by atoms with E-state index in [9.17, 15) is 0 Å². The van der Waals surface area contributed by atoms with Gasteiger partial charge in [0.05, 0.1) is 0 Å². The molecule has 1 heterocycles. The second kappa shape index (κ2) is 7.89. The lowest BCUT2D eigenvalue weighted by molar-refractivity contribution is 0.530. The average Bonchev–Trinajstić information content (AvgIpc) is 2.68. The number of thiophene rings is 1. The third-order valence-corrected chi connectivity index (χ3v) is 3.35. The Balaban J connectivity index is 1.85. The molecule has 15 heavy (non-hydrogen) atoms. The topological polar surface area (TPSA) is 12.0 Å². The molecule has 0 bridgehead atoms. The summed E-state index contributed by atoms with van der Waals surface area (Å²) in [6, 6.07) is 4.38. The number of hydrogen-bond donors (Lipinski definition) is 1. The summed E-state index contributed by atoms with van der Waals surface area (Å²) in [6.07, 6.45) is 5.27. The third kappa shape index (κ3) is 6.69. The second-order valence-corrected chi connectivity index (χ2v) is 5.52. The van der Waals surface area contributed by atoms with Crippen molar-refractivity contribution < 1.29 is 0 Å². The predicted molar refractivity (Wildman–Crippen MR) is 69.6 cm³/mol. The minimum atomic E-state index is 0.774. The molecule has 1 rings (SSSR count). The van der Waals surface area contributed by atoms with E-state index in [1.54, 1.807) is 0 Å². The lowest BCUT2D eigenvalue weighted by Crippen LogP contribution is -2.20.